The van der Waals surface area contributed by atoms with Gasteiger partial charge in [0.05, 0.1) is 12.7 Å². The molecule has 146 valence electrons. The van der Waals surface area contributed by atoms with Gasteiger partial charge in [-0.05, 0) is 50.3 Å². The topological polar surface area (TPSA) is 84.8 Å². The lowest BCUT2D eigenvalue weighted by atomic mass is 10.2. The molecule has 5 nitrogen and oxygen atoms in total. The van der Waals surface area contributed by atoms with Crippen molar-refractivity contribution in [2.75, 3.05) is 16.6 Å². The predicted molar refractivity (Wildman–Crippen MR) is 103 cm³/mol. The quantitative estimate of drug-likeness (QED) is 0.342. The average molecular weight is 396 g/mol. The highest BCUT2D eigenvalue weighted by Crippen LogP contribution is 2.53. The molecule has 0 heterocycles. The van der Waals surface area contributed by atoms with Crippen LogP contribution in [-0.2, 0) is 0 Å². The number of phenolic OH excluding ortho intramolecular Hbond substituents is 1. The van der Waals surface area contributed by atoms with Crippen molar-refractivity contribution in [3.8, 4) is 5.75 Å². The molecule has 27 heavy (non-hydrogen) atoms. The van der Waals surface area contributed by atoms with E-state index >= 15 is 0 Å². The molecule has 1 saturated carbocycles. The summed E-state index contributed by atoms with van der Waals surface area (Å²) in [7, 11) is 0. The molecule has 1 atom stereocenters. The zero-order valence-corrected chi connectivity index (χ0v) is 15.6. The molecule has 2 aromatic carbocycles. The summed E-state index contributed by atoms with van der Waals surface area (Å²) in [5, 5.41) is 31.7. The maximum absolute atomic E-state index is 14.4. The molecule has 8 heteroatoms. The van der Waals surface area contributed by atoms with Crippen molar-refractivity contribution in [1.82, 2.24) is 0 Å². The molecule has 0 aromatic heterocycles. The molecule has 0 spiro atoms. The van der Waals surface area contributed by atoms with E-state index in [-0.39, 0.29) is 22.7 Å². The Kier molecular flexibility index (Phi) is 5.78. The molecule has 1 fully saturated rings. The van der Waals surface area contributed by atoms with Gasteiger partial charge in [-0.2, -0.15) is 0 Å². The SMILES string of the molecule is Cc1ccc(Nc2c(F)c(F)cc(O)c2NSC2(CC(O)CO)CC2)cc1. The monoisotopic (exact) mass is 396 g/mol. The molecule has 0 amide bonds. The van der Waals surface area contributed by atoms with Gasteiger partial charge in [-0.3, -0.25) is 0 Å². The van der Waals surface area contributed by atoms with Crippen molar-refractivity contribution in [2.24, 2.45) is 0 Å². The van der Waals surface area contributed by atoms with Gasteiger partial charge in [0, 0.05) is 16.5 Å². The highest BCUT2D eigenvalue weighted by Gasteiger charge is 2.45. The highest BCUT2D eigenvalue weighted by atomic mass is 32.2. The first-order chi connectivity index (χ1) is 12.8. The van der Waals surface area contributed by atoms with Gasteiger partial charge in [0.1, 0.15) is 17.1 Å². The number of aliphatic hydroxyl groups excluding tert-OH is 2. The minimum absolute atomic E-state index is 0.0317. The Hall–Kier alpha value is -2.03. The van der Waals surface area contributed by atoms with Gasteiger partial charge in [-0.15, -0.1) is 0 Å². The second-order valence-corrected chi connectivity index (χ2v) is 8.13. The normalized spacial score (nSPS) is 16.0. The van der Waals surface area contributed by atoms with E-state index in [1.165, 1.54) is 11.9 Å². The Morgan fingerprint density at radius 3 is 2.44 bits per heavy atom. The van der Waals surface area contributed by atoms with E-state index in [0.717, 1.165) is 24.5 Å². The van der Waals surface area contributed by atoms with Crippen LogP contribution in [0.1, 0.15) is 24.8 Å². The van der Waals surface area contributed by atoms with Gasteiger partial charge < -0.3 is 25.4 Å². The van der Waals surface area contributed by atoms with E-state index in [9.17, 15) is 19.0 Å². The summed E-state index contributed by atoms with van der Waals surface area (Å²) in [5.74, 6) is -2.68. The van der Waals surface area contributed by atoms with Gasteiger partial charge in [-0.25, -0.2) is 8.78 Å². The first kappa shape index (κ1) is 19.7. The lowest BCUT2D eigenvalue weighted by Gasteiger charge is -2.21. The summed E-state index contributed by atoms with van der Waals surface area (Å²) in [4.78, 5) is 0. The standard InChI is InChI=1S/C19H22F2N2O3S/c1-11-2-4-12(5-3-11)22-18-16(21)14(20)8-15(26)17(18)23-27-19(6-7-19)9-13(25)10-24/h2-5,8,13,22-26H,6-7,9-10H2,1H3. The van der Waals surface area contributed by atoms with Crippen LogP contribution >= 0.6 is 11.9 Å². The van der Waals surface area contributed by atoms with Crippen LogP contribution in [0.3, 0.4) is 0 Å². The van der Waals surface area contributed by atoms with Gasteiger partial charge in [-0.1, -0.05) is 17.7 Å². The van der Waals surface area contributed by atoms with Gasteiger partial charge >= 0.3 is 0 Å². The average Bonchev–Trinajstić information content (AvgIpc) is 3.40. The van der Waals surface area contributed by atoms with E-state index in [2.05, 4.69) is 10.0 Å². The van der Waals surface area contributed by atoms with E-state index in [1.54, 1.807) is 12.1 Å². The predicted octanol–water partition coefficient (Wildman–Crippen LogP) is 4.06. The Morgan fingerprint density at radius 2 is 1.85 bits per heavy atom. The summed E-state index contributed by atoms with van der Waals surface area (Å²) in [6.07, 6.45) is 1.15. The van der Waals surface area contributed by atoms with Crippen LogP contribution in [0.2, 0.25) is 0 Å². The first-order valence-corrected chi connectivity index (χ1v) is 9.43. The summed E-state index contributed by atoms with van der Waals surface area (Å²) in [6.45, 7) is 1.58. The fourth-order valence-corrected chi connectivity index (χ4v) is 3.86. The third-order valence-corrected chi connectivity index (χ3v) is 5.83. The number of phenols is 1. The number of aromatic hydroxyl groups is 1. The largest absolute Gasteiger partial charge is 0.506 e. The van der Waals surface area contributed by atoms with Crippen molar-refractivity contribution in [3.05, 3.63) is 47.5 Å². The van der Waals surface area contributed by atoms with Gasteiger partial charge in [0.15, 0.2) is 11.6 Å². The van der Waals surface area contributed by atoms with Crippen LogP contribution in [0.4, 0.5) is 25.8 Å². The number of aliphatic hydroxyl groups is 2. The van der Waals surface area contributed by atoms with E-state index < -0.39 is 23.5 Å². The second kappa shape index (κ2) is 7.92. The van der Waals surface area contributed by atoms with Crippen molar-refractivity contribution >= 4 is 29.0 Å². The number of anilines is 3. The molecule has 1 aliphatic carbocycles. The Bertz CT molecular complexity index is 814. The maximum Gasteiger partial charge on any atom is 0.184 e. The van der Waals surface area contributed by atoms with E-state index in [4.69, 9.17) is 5.11 Å². The summed E-state index contributed by atoms with van der Waals surface area (Å²) in [5.41, 5.74) is 1.41. The van der Waals surface area contributed by atoms with E-state index in [1.807, 2.05) is 19.1 Å². The van der Waals surface area contributed by atoms with Crippen LogP contribution < -0.4 is 10.0 Å². The number of nitrogens with one attached hydrogen (secondary N) is 2. The summed E-state index contributed by atoms with van der Waals surface area (Å²) < 4.78 is 30.9. The minimum Gasteiger partial charge on any atom is -0.506 e. The van der Waals surface area contributed by atoms with Crippen molar-refractivity contribution in [3.63, 3.8) is 0 Å². The summed E-state index contributed by atoms with van der Waals surface area (Å²) in [6, 6.07) is 7.84. The third kappa shape index (κ3) is 4.63. The molecule has 0 bridgehead atoms. The maximum atomic E-state index is 14.4. The molecule has 1 aliphatic rings. The van der Waals surface area contributed by atoms with Crippen molar-refractivity contribution < 1.29 is 24.1 Å². The molecule has 2 aromatic rings. The lowest BCUT2D eigenvalue weighted by molar-refractivity contribution is 0.0865. The number of hydrogen-bond acceptors (Lipinski definition) is 6. The molecule has 0 radical (unpaired) electrons. The Morgan fingerprint density at radius 1 is 1.19 bits per heavy atom. The first-order valence-electron chi connectivity index (χ1n) is 8.61. The molecular formula is C19H22F2N2O3S. The van der Waals surface area contributed by atoms with Gasteiger partial charge in [0.2, 0.25) is 0 Å². The highest BCUT2D eigenvalue weighted by molar-refractivity contribution is 8.02. The summed E-state index contributed by atoms with van der Waals surface area (Å²) >= 11 is 1.23. The third-order valence-electron chi connectivity index (χ3n) is 4.52. The number of aryl methyl sites for hydroxylation is 1. The van der Waals surface area contributed by atoms with Crippen LogP contribution in [0.25, 0.3) is 0 Å². The number of benzene rings is 2. The fraction of sp³-hybridized carbons (Fsp3) is 0.368. The fourth-order valence-electron chi connectivity index (χ4n) is 2.76. The van der Waals surface area contributed by atoms with E-state index in [0.29, 0.717) is 12.1 Å². The Balaban J connectivity index is 1.83. The second-order valence-electron chi connectivity index (χ2n) is 6.86. The van der Waals surface area contributed by atoms with Crippen LogP contribution in [0.5, 0.6) is 5.75 Å². The van der Waals surface area contributed by atoms with Crippen molar-refractivity contribution in [2.45, 2.75) is 37.0 Å². The molecular weight excluding hydrogens is 374 g/mol. The molecule has 0 aliphatic heterocycles. The van der Waals surface area contributed by atoms with Crippen LogP contribution in [0, 0.1) is 18.6 Å². The zero-order valence-electron chi connectivity index (χ0n) is 14.8. The van der Waals surface area contributed by atoms with Crippen LogP contribution in [0.15, 0.2) is 30.3 Å². The number of rotatable bonds is 8. The minimum atomic E-state index is -1.16. The van der Waals surface area contributed by atoms with Crippen molar-refractivity contribution in [1.29, 1.82) is 0 Å². The molecule has 0 saturated heterocycles. The lowest BCUT2D eigenvalue weighted by Crippen LogP contribution is -2.21. The zero-order chi connectivity index (χ0) is 19.6. The number of halogens is 2. The molecule has 5 N–H and O–H groups in total. The molecule has 1 unspecified atom stereocenters. The van der Waals surface area contributed by atoms with Gasteiger partial charge in [0.25, 0.3) is 0 Å². The number of hydrogen-bond donors (Lipinski definition) is 5. The Labute approximate surface area is 160 Å². The smallest absolute Gasteiger partial charge is 0.184 e. The molecule has 3 rings (SSSR count). The van der Waals surface area contributed by atoms with Crippen LogP contribution in [-0.4, -0.2) is 32.8 Å².